The molecule has 0 bridgehead atoms. The van der Waals surface area contributed by atoms with Crippen molar-refractivity contribution in [3.63, 3.8) is 0 Å². The quantitative estimate of drug-likeness (QED) is 0.279. The normalized spacial score (nSPS) is 14.3. The zero-order valence-corrected chi connectivity index (χ0v) is 19.7. The van der Waals surface area contributed by atoms with Crippen molar-refractivity contribution < 1.29 is 14.5 Å². The summed E-state index contributed by atoms with van der Waals surface area (Å²) in [5.41, 5.74) is 4.02. The fourth-order valence-corrected chi connectivity index (χ4v) is 4.51. The molecule has 9 heteroatoms. The number of carbonyl (C=O) groups is 1. The molecule has 180 valence electrons. The highest BCUT2D eigenvalue weighted by Crippen LogP contribution is 2.27. The lowest BCUT2D eigenvalue weighted by Crippen LogP contribution is -2.29. The minimum atomic E-state index is -0.317. The molecule has 0 saturated carbocycles. The molecule has 4 rings (SSSR count). The van der Waals surface area contributed by atoms with Crippen molar-refractivity contribution in [1.29, 1.82) is 0 Å². The van der Waals surface area contributed by atoms with E-state index in [4.69, 9.17) is 4.74 Å². The number of piperidine rings is 1. The molecular weight excluding hydrogens is 434 g/mol. The number of amides is 1. The van der Waals surface area contributed by atoms with E-state index in [1.807, 2.05) is 13.0 Å². The van der Waals surface area contributed by atoms with Gasteiger partial charge in [0, 0.05) is 37.2 Å². The number of rotatable bonds is 9. The van der Waals surface area contributed by atoms with Crippen LogP contribution in [0.3, 0.4) is 0 Å². The summed E-state index contributed by atoms with van der Waals surface area (Å²) in [4.78, 5) is 33.4. The summed E-state index contributed by atoms with van der Waals surface area (Å²) in [7, 11) is 1.61. The number of imidazole rings is 1. The van der Waals surface area contributed by atoms with E-state index in [1.165, 1.54) is 6.42 Å². The van der Waals surface area contributed by atoms with Gasteiger partial charge in [-0.2, -0.15) is 0 Å². The van der Waals surface area contributed by atoms with Crippen LogP contribution in [0.25, 0.3) is 11.0 Å². The summed E-state index contributed by atoms with van der Waals surface area (Å²) in [6.45, 7) is 4.90. The van der Waals surface area contributed by atoms with Gasteiger partial charge in [0.2, 0.25) is 0 Å². The Balaban J connectivity index is 1.37. The monoisotopic (exact) mass is 465 g/mol. The van der Waals surface area contributed by atoms with Crippen molar-refractivity contribution in [2.45, 2.75) is 45.6 Å². The number of fused-ring (bicyclic) bond motifs is 1. The van der Waals surface area contributed by atoms with Crippen molar-refractivity contribution in [3.8, 4) is 5.75 Å². The molecule has 1 amide bonds. The summed E-state index contributed by atoms with van der Waals surface area (Å²) >= 11 is 0. The summed E-state index contributed by atoms with van der Waals surface area (Å²) in [5.74, 6) is 1.36. The van der Waals surface area contributed by atoms with Gasteiger partial charge in [-0.05, 0) is 69.1 Å². The lowest BCUT2D eigenvalue weighted by atomic mass is 10.1. The van der Waals surface area contributed by atoms with Gasteiger partial charge < -0.3 is 15.0 Å². The van der Waals surface area contributed by atoms with Gasteiger partial charge >= 0.3 is 0 Å². The van der Waals surface area contributed by atoms with Gasteiger partial charge in [-0.3, -0.25) is 19.8 Å². The third-order valence-corrected chi connectivity index (χ3v) is 6.35. The number of nitrogens with one attached hydrogen (secondary N) is 2. The number of nitro benzene ring substituents is 1. The van der Waals surface area contributed by atoms with Crippen LogP contribution < -0.4 is 10.1 Å². The maximum Gasteiger partial charge on any atom is 0.274 e. The second-order valence-electron chi connectivity index (χ2n) is 8.73. The topological polar surface area (TPSA) is 113 Å². The van der Waals surface area contributed by atoms with Crippen LogP contribution >= 0.6 is 0 Å². The van der Waals surface area contributed by atoms with E-state index in [0.717, 1.165) is 54.8 Å². The molecule has 0 unspecified atom stereocenters. The molecule has 0 aliphatic carbocycles. The molecule has 2 N–H and O–H groups in total. The highest BCUT2D eigenvalue weighted by atomic mass is 16.6. The SMILES string of the molecule is CNC(=O)c1ccc2[nH]c(CCCOc3ccc([N+](=O)[O-])c(CN4CCCCC4)c3)nc2c1C. The second-order valence-corrected chi connectivity index (χ2v) is 8.73. The molecule has 1 aliphatic rings. The first-order valence-electron chi connectivity index (χ1n) is 11.8. The minimum Gasteiger partial charge on any atom is -0.494 e. The van der Waals surface area contributed by atoms with Crippen LogP contribution in [0.15, 0.2) is 30.3 Å². The number of nitro groups is 1. The third-order valence-electron chi connectivity index (χ3n) is 6.35. The van der Waals surface area contributed by atoms with Gasteiger partial charge in [-0.15, -0.1) is 0 Å². The summed E-state index contributed by atoms with van der Waals surface area (Å²) < 4.78 is 5.92. The van der Waals surface area contributed by atoms with Crippen LogP contribution in [0, 0.1) is 17.0 Å². The predicted octanol–water partition coefficient (Wildman–Crippen LogP) is 4.14. The first-order valence-corrected chi connectivity index (χ1v) is 11.8. The Morgan fingerprint density at radius 3 is 2.76 bits per heavy atom. The molecule has 1 aliphatic heterocycles. The Bertz CT molecular complexity index is 1180. The van der Waals surface area contributed by atoms with Crippen LogP contribution in [0.5, 0.6) is 5.75 Å². The largest absolute Gasteiger partial charge is 0.494 e. The van der Waals surface area contributed by atoms with Crippen molar-refractivity contribution in [3.05, 3.63) is 63.0 Å². The van der Waals surface area contributed by atoms with Crippen molar-refractivity contribution >= 4 is 22.6 Å². The van der Waals surface area contributed by atoms with E-state index >= 15 is 0 Å². The van der Waals surface area contributed by atoms with E-state index < -0.39 is 0 Å². The molecule has 34 heavy (non-hydrogen) atoms. The van der Waals surface area contributed by atoms with E-state index in [-0.39, 0.29) is 16.5 Å². The van der Waals surface area contributed by atoms with Gasteiger partial charge in [0.15, 0.2) is 0 Å². The average molecular weight is 466 g/mol. The molecule has 1 fully saturated rings. The summed E-state index contributed by atoms with van der Waals surface area (Å²) in [5, 5.41) is 14.1. The van der Waals surface area contributed by atoms with E-state index in [2.05, 4.69) is 20.2 Å². The number of benzene rings is 2. The van der Waals surface area contributed by atoms with Crippen LogP contribution in [-0.2, 0) is 13.0 Å². The Morgan fingerprint density at radius 2 is 2.03 bits per heavy atom. The van der Waals surface area contributed by atoms with Gasteiger partial charge in [-0.25, -0.2) is 4.98 Å². The van der Waals surface area contributed by atoms with Crippen LogP contribution in [0.1, 0.15) is 53.0 Å². The van der Waals surface area contributed by atoms with Gasteiger partial charge in [-0.1, -0.05) is 6.42 Å². The van der Waals surface area contributed by atoms with Crippen molar-refractivity contribution in [1.82, 2.24) is 20.2 Å². The van der Waals surface area contributed by atoms with Gasteiger partial charge in [0.1, 0.15) is 11.6 Å². The minimum absolute atomic E-state index is 0.125. The number of hydrogen-bond acceptors (Lipinski definition) is 6. The van der Waals surface area contributed by atoms with Crippen LogP contribution in [-0.4, -0.2) is 52.4 Å². The number of aryl methyl sites for hydroxylation is 2. The first kappa shape index (κ1) is 23.7. The molecule has 9 nitrogen and oxygen atoms in total. The third kappa shape index (κ3) is 5.36. The maximum atomic E-state index is 12.0. The molecule has 1 aromatic heterocycles. The van der Waals surface area contributed by atoms with Crippen molar-refractivity contribution in [2.24, 2.45) is 0 Å². The number of aromatic amines is 1. The highest BCUT2D eigenvalue weighted by Gasteiger charge is 2.19. The lowest BCUT2D eigenvalue weighted by Gasteiger charge is -2.26. The Hall–Kier alpha value is -3.46. The first-order chi connectivity index (χ1) is 16.5. The molecule has 2 heterocycles. The number of H-pyrrole nitrogens is 1. The smallest absolute Gasteiger partial charge is 0.274 e. The number of ether oxygens (including phenoxy) is 1. The van der Waals surface area contributed by atoms with E-state index in [9.17, 15) is 14.9 Å². The second kappa shape index (κ2) is 10.6. The number of hydrogen-bond donors (Lipinski definition) is 2. The molecule has 0 radical (unpaired) electrons. The van der Waals surface area contributed by atoms with Crippen molar-refractivity contribution in [2.75, 3.05) is 26.7 Å². The standard InChI is InChI=1S/C25H31N5O4/c1-17-20(25(31)26-2)9-10-21-24(17)28-23(27-21)7-6-14-34-19-8-11-22(30(32)33)18(15-19)16-29-12-4-3-5-13-29/h8-11,15H,3-7,12-14,16H2,1-2H3,(H,26,31)(H,27,28). The van der Waals surface area contributed by atoms with Crippen LogP contribution in [0.4, 0.5) is 5.69 Å². The van der Waals surface area contributed by atoms with E-state index in [1.54, 1.807) is 31.3 Å². The lowest BCUT2D eigenvalue weighted by molar-refractivity contribution is -0.385. The molecule has 3 aromatic rings. The van der Waals surface area contributed by atoms with Gasteiger partial charge in [0.05, 0.1) is 22.6 Å². The fourth-order valence-electron chi connectivity index (χ4n) is 4.51. The molecular formula is C25H31N5O4. The number of aromatic nitrogens is 2. The average Bonchev–Trinajstić information content (AvgIpc) is 3.26. The molecule has 0 atom stereocenters. The number of likely N-dealkylation sites (tertiary alicyclic amines) is 1. The molecule has 0 spiro atoms. The predicted molar refractivity (Wildman–Crippen MR) is 130 cm³/mol. The Morgan fingerprint density at radius 1 is 1.24 bits per heavy atom. The summed E-state index contributed by atoms with van der Waals surface area (Å²) in [6.07, 6.45) is 4.93. The Labute approximate surface area is 198 Å². The Kier molecular flexibility index (Phi) is 7.42. The zero-order chi connectivity index (χ0) is 24.1. The number of nitrogens with zero attached hydrogens (tertiary/aromatic N) is 3. The highest BCUT2D eigenvalue weighted by molar-refractivity contribution is 5.99. The summed E-state index contributed by atoms with van der Waals surface area (Å²) in [6, 6.07) is 8.69. The number of carbonyl (C=O) groups excluding carboxylic acids is 1. The van der Waals surface area contributed by atoms with E-state index in [0.29, 0.717) is 36.4 Å². The van der Waals surface area contributed by atoms with Gasteiger partial charge in [0.25, 0.3) is 11.6 Å². The molecule has 1 saturated heterocycles. The molecule has 2 aromatic carbocycles. The zero-order valence-electron chi connectivity index (χ0n) is 19.7. The van der Waals surface area contributed by atoms with Crippen LogP contribution in [0.2, 0.25) is 0 Å². The fraction of sp³-hybridized carbons (Fsp3) is 0.440. The maximum absolute atomic E-state index is 12.0.